The van der Waals surface area contributed by atoms with Crippen LogP contribution >= 0.6 is 0 Å². The highest BCUT2D eigenvalue weighted by molar-refractivity contribution is 5.66. The van der Waals surface area contributed by atoms with Crippen LogP contribution in [0.2, 0.25) is 0 Å². The molecule has 5 nitrogen and oxygen atoms in total. The number of carbonyl (C=O) groups is 1. The molecule has 0 heterocycles. The predicted molar refractivity (Wildman–Crippen MR) is 68.1 cm³/mol. The molecule has 0 fully saturated rings. The fourth-order valence-corrected chi connectivity index (χ4v) is 0.605. The zero-order valence-corrected chi connectivity index (χ0v) is 11.3. The van der Waals surface area contributed by atoms with Crippen molar-refractivity contribution in [3.8, 4) is 0 Å². The van der Waals surface area contributed by atoms with Gasteiger partial charge in [0.05, 0.1) is 13.2 Å². The largest absolute Gasteiger partial charge is 0.481 e. The molecule has 3 N–H and O–H groups in total. The Morgan fingerprint density at radius 2 is 1.35 bits per heavy atom. The van der Waals surface area contributed by atoms with E-state index in [0.29, 0.717) is 6.42 Å². The standard InChI is InChI=1S/C6H14O.C4H8O2.C2H6O2/c1-3-5-7-6-4-2;1-2-3-4(5)6;3-1-2-4/h3-6H2,1-2H3;2-3H2,1H3,(H,5,6);3-4H,1-2H2. The van der Waals surface area contributed by atoms with Gasteiger partial charge >= 0.3 is 5.97 Å². The zero-order chi connectivity index (χ0) is 13.9. The van der Waals surface area contributed by atoms with Gasteiger partial charge in [0, 0.05) is 19.6 Å². The van der Waals surface area contributed by atoms with Gasteiger partial charge in [0.2, 0.25) is 0 Å². The van der Waals surface area contributed by atoms with Crippen LogP contribution in [0.15, 0.2) is 0 Å². The Bertz CT molecular complexity index is 122. The quantitative estimate of drug-likeness (QED) is 0.600. The summed E-state index contributed by atoms with van der Waals surface area (Å²) in [5, 5.41) is 23.2. The van der Waals surface area contributed by atoms with E-state index in [1.165, 1.54) is 0 Å². The van der Waals surface area contributed by atoms with E-state index >= 15 is 0 Å². The lowest BCUT2D eigenvalue weighted by Crippen LogP contribution is -1.92. The molecular formula is C12H28O5. The summed E-state index contributed by atoms with van der Waals surface area (Å²) in [6, 6.07) is 0. The number of aliphatic hydroxyl groups excluding tert-OH is 2. The Kier molecular flexibility index (Phi) is 31.2. The summed E-state index contributed by atoms with van der Waals surface area (Å²) in [7, 11) is 0. The van der Waals surface area contributed by atoms with Crippen molar-refractivity contribution >= 4 is 5.97 Å². The molecule has 0 aromatic rings. The summed E-state index contributed by atoms with van der Waals surface area (Å²) in [6.07, 6.45) is 3.30. The average molecular weight is 252 g/mol. The number of ether oxygens (including phenoxy) is 1. The molecule has 0 saturated carbocycles. The molecule has 0 aromatic heterocycles. The van der Waals surface area contributed by atoms with Gasteiger partial charge in [-0.05, 0) is 19.3 Å². The van der Waals surface area contributed by atoms with Crippen LogP contribution in [-0.4, -0.2) is 47.7 Å². The van der Waals surface area contributed by atoms with Crippen LogP contribution in [0.5, 0.6) is 0 Å². The van der Waals surface area contributed by atoms with Gasteiger partial charge in [0.15, 0.2) is 0 Å². The first-order valence-corrected chi connectivity index (χ1v) is 6.11. The van der Waals surface area contributed by atoms with Crippen molar-refractivity contribution in [2.75, 3.05) is 26.4 Å². The van der Waals surface area contributed by atoms with E-state index in [2.05, 4.69) is 13.8 Å². The lowest BCUT2D eigenvalue weighted by molar-refractivity contribution is -0.137. The van der Waals surface area contributed by atoms with Crippen molar-refractivity contribution in [3.05, 3.63) is 0 Å². The third-order valence-corrected chi connectivity index (χ3v) is 1.26. The fourth-order valence-electron chi connectivity index (χ4n) is 0.605. The van der Waals surface area contributed by atoms with E-state index in [-0.39, 0.29) is 13.2 Å². The first kappa shape index (κ1) is 21.6. The summed E-state index contributed by atoms with van der Waals surface area (Å²) < 4.78 is 5.13. The van der Waals surface area contributed by atoms with Crippen molar-refractivity contribution in [1.82, 2.24) is 0 Å². The van der Waals surface area contributed by atoms with Gasteiger partial charge in [0.25, 0.3) is 0 Å². The van der Waals surface area contributed by atoms with Crippen LogP contribution in [0.3, 0.4) is 0 Å². The molecule has 0 aliphatic heterocycles. The van der Waals surface area contributed by atoms with Crippen LogP contribution in [0.4, 0.5) is 0 Å². The molecule has 0 saturated heterocycles. The summed E-state index contributed by atoms with van der Waals surface area (Å²) in [5.74, 6) is -0.711. The second-order valence-corrected chi connectivity index (χ2v) is 3.20. The molecular weight excluding hydrogens is 224 g/mol. The van der Waals surface area contributed by atoms with Crippen molar-refractivity contribution in [2.45, 2.75) is 46.5 Å². The smallest absolute Gasteiger partial charge is 0.303 e. The Balaban J connectivity index is -0.000000180. The van der Waals surface area contributed by atoms with Gasteiger partial charge in [-0.25, -0.2) is 0 Å². The third kappa shape index (κ3) is 50.6. The minimum atomic E-state index is -0.711. The normalized spacial score (nSPS) is 8.53. The van der Waals surface area contributed by atoms with Crippen LogP contribution in [0.25, 0.3) is 0 Å². The van der Waals surface area contributed by atoms with E-state index in [9.17, 15) is 4.79 Å². The third-order valence-electron chi connectivity index (χ3n) is 1.26. The molecule has 0 unspecified atom stereocenters. The van der Waals surface area contributed by atoms with Gasteiger partial charge in [-0.1, -0.05) is 20.8 Å². The van der Waals surface area contributed by atoms with E-state index in [1.807, 2.05) is 6.92 Å². The lowest BCUT2D eigenvalue weighted by atomic mass is 10.4. The average Bonchev–Trinajstić information content (AvgIpc) is 2.31. The number of carboxylic acids is 1. The van der Waals surface area contributed by atoms with Crippen LogP contribution in [-0.2, 0) is 9.53 Å². The highest BCUT2D eigenvalue weighted by Gasteiger charge is 1.87. The van der Waals surface area contributed by atoms with Gasteiger partial charge in [0.1, 0.15) is 0 Å². The molecule has 17 heavy (non-hydrogen) atoms. The first-order chi connectivity index (χ1) is 8.10. The van der Waals surface area contributed by atoms with Gasteiger partial charge < -0.3 is 20.1 Å². The highest BCUT2D eigenvalue weighted by Crippen LogP contribution is 1.82. The Hall–Kier alpha value is -0.650. The van der Waals surface area contributed by atoms with Crippen molar-refractivity contribution in [3.63, 3.8) is 0 Å². The second kappa shape index (κ2) is 24.5. The van der Waals surface area contributed by atoms with E-state index < -0.39 is 5.97 Å². The molecule has 0 aliphatic carbocycles. The maximum absolute atomic E-state index is 9.60. The highest BCUT2D eigenvalue weighted by atomic mass is 16.5. The van der Waals surface area contributed by atoms with E-state index in [4.69, 9.17) is 20.1 Å². The number of aliphatic carboxylic acids is 1. The molecule has 5 heteroatoms. The molecule has 0 aliphatic rings. The molecule has 0 amide bonds. The van der Waals surface area contributed by atoms with Crippen molar-refractivity contribution in [2.24, 2.45) is 0 Å². The minimum Gasteiger partial charge on any atom is -0.481 e. The number of carboxylic acid groups (broad SMARTS) is 1. The summed E-state index contributed by atoms with van der Waals surface area (Å²) in [4.78, 5) is 9.60. The predicted octanol–water partition coefficient (Wildman–Crippen LogP) is 1.67. The fraction of sp³-hybridized carbons (Fsp3) is 0.917. The topological polar surface area (TPSA) is 87.0 Å². The molecule has 106 valence electrons. The Morgan fingerprint density at radius 1 is 0.941 bits per heavy atom. The van der Waals surface area contributed by atoms with E-state index in [1.54, 1.807) is 0 Å². The van der Waals surface area contributed by atoms with Gasteiger partial charge in [-0.15, -0.1) is 0 Å². The van der Waals surface area contributed by atoms with Gasteiger partial charge in [-0.2, -0.15) is 0 Å². The summed E-state index contributed by atoms with van der Waals surface area (Å²) in [5.41, 5.74) is 0. The molecule has 0 rings (SSSR count). The maximum Gasteiger partial charge on any atom is 0.303 e. The number of rotatable bonds is 7. The van der Waals surface area contributed by atoms with Crippen molar-refractivity contribution < 1.29 is 24.9 Å². The Labute approximate surface area is 104 Å². The zero-order valence-electron chi connectivity index (χ0n) is 11.3. The van der Waals surface area contributed by atoms with E-state index in [0.717, 1.165) is 32.5 Å². The first-order valence-electron chi connectivity index (χ1n) is 6.11. The lowest BCUT2D eigenvalue weighted by Gasteiger charge is -1.95. The Morgan fingerprint density at radius 3 is 1.47 bits per heavy atom. The SMILES string of the molecule is CCCC(=O)O.CCCOCCC.OCCO. The molecule has 0 spiro atoms. The molecule has 0 radical (unpaired) electrons. The number of aliphatic hydroxyl groups is 2. The summed E-state index contributed by atoms with van der Waals surface area (Å²) in [6.45, 7) is 7.68. The summed E-state index contributed by atoms with van der Waals surface area (Å²) >= 11 is 0. The van der Waals surface area contributed by atoms with Gasteiger partial charge in [-0.3, -0.25) is 4.79 Å². The number of hydrogen-bond acceptors (Lipinski definition) is 4. The maximum atomic E-state index is 9.60. The monoisotopic (exact) mass is 252 g/mol. The van der Waals surface area contributed by atoms with Crippen LogP contribution < -0.4 is 0 Å². The van der Waals surface area contributed by atoms with Crippen LogP contribution in [0.1, 0.15) is 46.5 Å². The number of hydrogen-bond donors (Lipinski definition) is 3. The molecule has 0 aromatic carbocycles. The molecule has 0 atom stereocenters. The van der Waals surface area contributed by atoms with Crippen LogP contribution in [0, 0.1) is 0 Å². The van der Waals surface area contributed by atoms with Crippen molar-refractivity contribution in [1.29, 1.82) is 0 Å². The second-order valence-electron chi connectivity index (χ2n) is 3.20. The molecule has 0 bridgehead atoms. The minimum absolute atomic E-state index is 0.125.